The molecule has 2 saturated carbocycles. The first-order valence-electron chi connectivity index (χ1n) is 9.71. The van der Waals surface area contributed by atoms with E-state index in [1.807, 2.05) is 6.92 Å². The van der Waals surface area contributed by atoms with Gasteiger partial charge in [-0.2, -0.15) is 0 Å². The number of hydrogen-bond acceptors (Lipinski definition) is 4. The number of nitrogens with zero attached hydrogens (tertiary/aromatic N) is 1. The summed E-state index contributed by atoms with van der Waals surface area (Å²) in [5, 5.41) is 31.3. The molecule has 0 aromatic carbocycles. The highest BCUT2D eigenvalue weighted by atomic mass is 16.3. The number of carbonyl (C=O) groups is 1. The molecule has 5 nitrogen and oxygen atoms in total. The van der Waals surface area contributed by atoms with Crippen molar-refractivity contribution in [3.05, 3.63) is 25.3 Å². The van der Waals surface area contributed by atoms with E-state index in [1.54, 1.807) is 17.1 Å². The van der Waals surface area contributed by atoms with Crippen molar-refractivity contribution >= 4 is 5.91 Å². The Morgan fingerprint density at radius 3 is 2.31 bits per heavy atom. The first-order valence-corrected chi connectivity index (χ1v) is 9.71. The highest BCUT2D eigenvalue weighted by molar-refractivity contribution is 5.77. The molecule has 0 radical (unpaired) electrons. The molecule has 2 rings (SSSR count). The molecular formula is C21H35NO4. The molecule has 148 valence electrons. The third-order valence-electron chi connectivity index (χ3n) is 7.16. The van der Waals surface area contributed by atoms with Crippen LogP contribution in [0.1, 0.15) is 46.0 Å². The second-order valence-electron chi connectivity index (χ2n) is 8.61. The Hall–Kier alpha value is -1.17. The van der Waals surface area contributed by atoms with Crippen LogP contribution in [0.5, 0.6) is 0 Å². The molecule has 2 aliphatic carbocycles. The van der Waals surface area contributed by atoms with Crippen molar-refractivity contribution in [3.8, 4) is 0 Å². The zero-order valence-corrected chi connectivity index (χ0v) is 16.2. The summed E-state index contributed by atoms with van der Waals surface area (Å²) in [5.74, 6) is -0.103. The Morgan fingerprint density at radius 1 is 1.15 bits per heavy atom. The molecule has 0 aromatic heterocycles. The number of hydrogen-bond donors (Lipinski definition) is 3. The Bertz CT molecular complexity index is 526. The van der Waals surface area contributed by atoms with Crippen LogP contribution in [0.2, 0.25) is 0 Å². The third kappa shape index (κ3) is 3.62. The smallest absolute Gasteiger partial charge is 0.223 e. The van der Waals surface area contributed by atoms with Crippen LogP contribution in [-0.4, -0.2) is 58.0 Å². The highest BCUT2D eigenvalue weighted by Gasteiger charge is 2.59. The second kappa shape index (κ2) is 8.24. The number of rotatable bonds is 7. The van der Waals surface area contributed by atoms with Crippen LogP contribution < -0.4 is 0 Å². The van der Waals surface area contributed by atoms with Crippen LogP contribution in [0.15, 0.2) is 25.3 Å². The maximum absolute atomic E-state index is 12.9. The quantitative estimate of drug-likeness (QED) is 0.604. The fourth-order valence-corrected chi connectivity index (χ4v) is 5.51. The fraction of sp³-hybridized carbons (Fsp3) is 0.762. The van der Waals surface area contributed by atoms with Crippen LogP contribution in [0.4, 0.5) is 0 Å². The molecule has 5 heteroatoms. The van der Waals surface area contributed by atoms with Crippen molar-refractivity contribution in [3.63, 3.8) is 0 Å². The Labute approximate surface area is 157 Å². The molecule has 0 heterocycles. The minimum Gasteiger partial charge on any atom is -0.396 e. The lowest BCUT2D eigenvalue weighted by molar-refractivity contribution is -0.187. The van der Waals surface area contributed by atoms with E-state index in [4.69, 9.17) is 0 Å². The Balaban J connectivity index is 2.27. The van der Waals surface area contributed by atoms with E-state index in [-0.39, 0.29) is 36.2 Å². The summed E-state index contributed by atoms with van der Waals surface area (Å²) in [6, 6.07) is 0. The number of amides is 1. The molecule has 0 aromatic rings. The predicted octanol–water partition coefficient (Wildman–Crippen LogP) is 2.12. The van der Waals surface area contributed by atoms with Crippen LogP contribution in [0.3, 0.4) is 0 Å². The van der Waals surface area contributed by atoms with Gasteiger partial charge in [-0.15, -0.1) is 13.2 Å². The van der Waals surface area contributed by atoms with Gasteiger partial charge in [-0.05, 0) is 42.9 Å². The zero-order valence-electron chi connectivity index (χ0n) is 16.2. The first-order chi connectivity index (χ1) is 12.2. The molecule has 0 bridgehead atoms. The van der Waals surface area contributed by atoms with Crippen molar-refractivity contribution in [2.24, 2.45) is 22.7 Å². The van der Waals surface area contributed by atoms with E-state index in [0.717, 1.165) is 12.8 Å². The average molecular weight is 366 g/mol. The van der Waals surface area contributed by atoms with Crippen molar-refractivity contribution < 1.29 is 20.1 Å². The number of aliphatic hydroxyl groups excluding tert-OH is 3. The van der Waals surface area contributed by atoms with Crippen molar-refractivity contribution in [2.45, 2.75) is 58.2 Å². The lowest BCUT2D eigenvalue weighted by Gasteiger charge is -2.60. The summed E-state index contributed by atoms with van der Waals surface area (Å²) in [7, 11) is 0. The monoisotopic (exact) mass is 365 g/mol. The minimum absolute atomic E-state index is 0.00690. The predicted molar refractivity (Wildman–Crippen MR) is 102 cm³/mol. The van der Waals surface area contributed by atoms with Crippen LogP contribution >= 0.6 is 0 Å². The van der Waals surface area contributed by atoms with E-state index in [1.165, 1.54) is 0 Å². The SMILES string of the molecule is C=CCN(CC=C)C(=O)C[C@@H]1[C@H](O)CC[C@H]2[C@](C)(CO)[C@H](O)CC[C@]21C. The molecule has 3 N–H and O–H groups in total. The second-order valence-corrected chi connectivity index (χ2v) is 8.61. The lowest BCUT2D eigenvalue weighted by atomic mass is 9.46. The zero-order chi connectivity index (χ0) is 19.5. The summed E-state index contributed by atoms with van der Waals surface area (Å²) in [6.45, 7) is 12.3. The summed E-state index contributed by atoms with van der Waals surface area (Å²) in [5.41, 5.74) is -0.867. The normalized spacial score (nSPS) is 39.7. The molecule has 0 aliphatic heterocycles. The van der Waals surface area contributed by atoms with Crippen LogP contribution in [0, 0.1) is 22.7 Å². The van der Waals surface area contributed by atoms with Gasteiger partial charge in [0.2, 0.25) is 5.91 Å². The molecule has 26 heavy (non-hydrogen) atoms. The first kappa shape index (κ1) is 21.1. The summed E-state index contributed by atoms with van der Waals surface area (Å²) in [4.78, 5) is 14.6. The minimum atomic E-state index is -0.587. The highest BCUT2D eigenvalue weighted by Crippen LogP contribution is 2.60. The van der Waals surface area contributed by atoms with Gasteiger partial charge in [-0.1, -0.05) is 26.0 Å². The topological polar surface area (TPSA) is 81.0 Å². The van der Waals surface area contributed by atoms with Gasteiger partial charge in [0.05, 0.1) is 18.8 Å². The van der Waals surface area contributed by atoms with Crippen molar-refractivity contribution in [2.75, 3.05) is 19.7 Å². The van der Waals surface area contributed by atoms with E-state index < -0.39 is 17.6 Å². The third-order valence-corrected chi connectivity index (χ3v) is 7.16. The van der Waals surface area contributed by atoms with Gasteiger partial charge < -0.3 is 20.2 Å². The van der Waals surface area contributed by atoms with Gasteiger partial charge in [0.25, 0.3) is 0 Å². The standard InChI is InChI=1S/C21H35NO4/c1-5-11-22(12-6-2)19(26)13-15-16(24)7-8-17-20(15,3)10-9-18(25)21(17,4)14-23/h5-6,15-18,23-25H,1-2,7-14H2,3-4H3/t15-,16-,17-,18-,20+,21+/m1/s1. The van der Waals surface area contributed by atoms with Gasteiger partial charge in [-0.3, -0.25) is 4.79 Å². The molecule has 2 fully saturated rings. The fourth-order valence-electron chi connectivity index (χ4n) is 5.51. The largest absolute Gasteiger partial charge is 0.396 e. The molecule has 0 unspecified atom stereocenters. The Kier molecular flexibility index (Phi) is 6.70. The van der Waals surface area contributed by atoms with Gasteiger partial charge >= 0.3 is 0 Å². The molecule has 6 atom stereocenters. The van der Waals surface area contributed by atoms with Crippen LogP contribution in [0.25, 0.3) is 0 Å². The van der Waals surface area contributed by atoms with Gasteiger partial charge in [0.15, 0.2) is 0 Å². The molecule has 0 saturated heterocycles. The summed E-state index contributed by atoms with van der Waals surface area (Å²) >= 11 is 0. The lowest BCUT2D eigenvalue weighted by Crippen LogP contribution is -2.60. The van der Waals surface area contributed by atoms with Crippen molar-refractivity contribution in [1.29, 1.82) is 0 Å². The number of fused-ring (bicyclic) bond motifs is 1. The average Bonchev–Trinajstić information content (AvgIpc) is 2.61. The van der Waals surface area contributed by atoms with E-state index >= 15 is 0 Å². The van der Waals surface area contributed by atoms with Crippen molar-refractivity contribution in [1.82, 2.24) is 4.90 Å². The summed E-state index contributed by atoms with van der Waals surface area (Å²) < 4.78 is 0. The number of carbonyl (C=O) groups excluding carboxylic acids is 1. The van der Waals surface area contributed by atoms with E-state index in [0.29, 0.717) is 25.9 Å². The molecular weight excluding hydrogens is 330 g/mol. The van der Waals surface area contributed by atoms with E-state index in [9.17, 15) is 20.1 Å². The van der Waals surface area contributed by atoms with Crippen LogP contribution in [-0.2, 0) is 4.79 Å². The van der Waals surface area contributed by atoms with Gasteiger partial charge in [-0.25, -0.2) is 0 Å². The van der Waals surface area contributed by atoms with Gasteiger partial charge in [0, 0.05) is 24.9 Å². The molecule has 1 amide bonds. The maximum Gasteiger partial charge on any atom is 0.223 e. The number of aliphatic hydroxyl groups is 3. The Morgan fingerprint density at radius 2 is 1.77 bits per heavy atom. The molecule has 0 spiro atoms. The van der Waals surface area contributed by atoms with Gasteiger partial charge in [0.1, 0.15) is 0 Å². The maximum atomic E-state index is 12.9. The van der Waals surface area contributed by atoms with E-state index in [2.05, 4.69) is 20.1 Å². The molecule has 2 aliphatic rings. The summed E-state index contributed by atoms with van der Waals surface area (Å²) in [6.07, 6.45) is 5.29.